The summed E-state index contributed by atoms with van der Waals surface area (Å²) in [5.41, 5.74) is 2.50. The molecule has 1 N–H and O–H groups in total. The van der Waals surface area contributed by atoms with Gasteiger partial charge in [0.2, 0.25) is 0 Å². The maximum atomic E-state index is 12.5. The summed E-state index contributed by atoms with van der Waals surface area (Å²) in [6.07, 6.45) is 1.47. The Balaban J connectivity index is 1.76. The maximum absolute atomic E-state index is 12.5. The van der Waals surface area contributed by atoms with E-state index in [1.165, 1.54) is 49.4 Å². The summed E-state index contributed by atoms with van der Waals surface area (Å²) in [6, 6.07) is 10.9. The zero-order valence-corrected chi connectivity index (χ0v) is 16.2. The summed E-state index contributed by atoms with van der Waals surface area (Å²) in [4.78, 5) is 17.3. The molecular weight excluding hydrogens is 384 g/mol. The number of hydrogen-bond acceptors (Lipinski definition) is 7. The lowest BCUT2D eigenvalue weighted by Crippen LogP contribution is -2.25. The zero-order chi connectivity index (χ0) is 20.3. The molecule has 0 fully saturated rings. The number of aryl methyl sites for hydroxylation is 1. The molecule has 0 radical (unpaired) electrons. The normalized spacial score (nSPS) is 11.6. The lowest BCUT2D eigenvalue weighted by molar-refractivity contribution is -0.0258. The third-order valence-corrected chi connectivity index (χ3v) is 5.75. The van der Waals surface area contributed by atoms with E-state index < -0.39 is 10.0 Å². The Hall–Kier alpha value is -3.15. The van der Waals surface area contributed by atoms with E-state index in [-0.39, 0.29) is 10.8 Å². The van der Waals surface area contributed by atoms with Crippen molar-refractivity contribution < 1.29 is 18.0 Å². The Morgan fingerprint density at radius 2 is 1.89 bits per heavy atom. The molecular formula is C17H18N6O4S. The number of hydrogen-bond donors (Lipinski definition) is 1. The van der Waals surface area contributed by atoms with E-state index in [4.69, 9.17) is 4.84 Å². The number of aromatic nitrogens is 4. The van der Waals surface area contributed by atoms with Gasteiger partial charge in [-0.25, -0.2) is 13.1 Å². The highest BCUT2D eigenvalue weighted by atomic mass is 32.2. The van der Waals surface area contributed by atoms with Crippen LogP contribution in [0, 0.1) is 6.92 Å². The van der Waals surface area contributed by atoms with Crippen molar-refractivity contribution in [3.8, 4) is 5.69 Å². The molecule has 0 aliphatic rings. The number of carbonyl (C=O) groups excluding carboxylic acids is 1. The van der Waals surface area contributed by atoms with Crippen LogP contribution in [0.25, 0.3) is 5.69 Å². The maximum Gasteiger partial charge on any atom is 0.264 e. The first kappa shape index (κ1) is 19.6. The summed E-state index contributed by atoms with van der Waals surface area (Å²) in [6.45, 7) is 1.85. The van der Waals surface area contributed by atoms with Gasteiger partial charge in [-0.1, -0.05) is 4.47 Å². The zero-order valence-electron chi connectivity index (χ0n) is 15.4. The van der Waals surface area contributed by atoms with Gasteiger partial charge in [0.25, 0.3) is 15.9 Å². The molecule has 146 valence electrons. The molecule has 0 atom stereocenters. The Morgan fingerprint density at radius 1 is 1.18 bits per heavy atom. The largest absolute Gasteiger partial charge is 0.322 e. The van der Waals surface area contributed by atoms with Gasteiger partial charge in [-0.2, -0.15) is 0 Å². The van der Waals surface area contributed by atoms with Gasteiger partial charge in [-0.3, -0.25) is 9.63 Å². The van der Waals surface area contributed by atoms with E-state index in [1.807, 2.05) is 6.92 Å². The van der Waals surface area contributed by atoms with Crippen LogP contribution in [0.3, 0.4) is 0 Å². The van der Waals surface area contributed by atoms with Crippen molar-refractivity contribution in [3.63, 3.8) is 0 Å². The van der Waals surface area contributed by atoms with Crippen LogP contribution >= 0.6 is 0 Å². The van der Waals surface area contributed by atoms with Crippen molar-refractivity contribution >= 4 is 21.6 Å². The van der Waals surface area contributed by atoms with E-state index in [2.05, 4.69) is 20.8 Å². The first-order valence-corrected chi connectivity index (χ1v) is 9.55. The quantitative estimate of drug-likeness (QED) is 0.619. The second kappa shape index (κ2) is 7.84. The number of sulfonamides is 1. The van der Waals surface area contributed by atoms with Crippen LogP contribution in [0.4, 0.5) is 5.69 Å². The number of nitrogens with zero attached hydrogens (tertiary/aromatic N) is 5. The molecule has 3 rings (SSSR count). The van der Waals surface area contributed by atoms with E-state index in [9.17, 15) is 13.2 Å². The fourth-order valence-corrected chi connectivity index (χ4v) is 3.46. The van der Waals surface area contributed by atoms with E-state index >= 15 is 0 Å². The minimum atomic E-state index is -3.74. The Kier molecular flexibility index (Phi) is 5.49. The fourth-order valence-electron chi connectivity index (χ4n) is 2.49. The summed E-state index contributed by atoms with van der Waals surface area (Å²) in [5, 5.41) is 13.8. The third-order valence-electron chi connectivity index (χ3n) is 4.06. The molecule has 1 heterocycles. The van der Waals surface area contributed by atoms with Crippen LogP contribution in [0.15, 0.2) is 53.7 Å². The SMILES string of the molecule is CON(C)S(=O)(=O)c1ccc(NC(=O)c2ccc(-n3cnnn3)c(C)c2)cc1. The van der Waals surface area contributed by atoms with E-state index in [1.54, 1.807) is 18.2 Å². The Bertz CT molecular complexity index is 1080. The highest BCUT2D eigenvalue weighted by molar-refractivity contribution is 7.89. The van der Waals surface area contributed by atoms with Crippen molar-refractivity contribution in [2.75, 3.05) is 19.5 Å². The minimum Gasteiger partial charge on any atom is -0.322 e. The van der Waals surface area contributed by atoms with E-state index in [0.29, 0.717) is 11.3 Å². The fraction of sp³-hybridized carbons (Fsp3) is 0.176. The Morgan fingerprint density at radius 3 is 2.46 bits per heavy atom. The summed E-state index contributed by atoms with van der Waals surface area (Å²) >= 11 is 0. The highest BCUT2D eigenvalue weighted by Gasteiger charge is 2.20. The van der Waals surface area contributed by atoms with Crippen molar-refractivity contribution in [2.24, 2.45) is 0 Å². The second-order valence-corrected chi connectivity index (χ2v) is 7.77. The molecule has 0 bridgehead atoms. The molecule has 3 aromatic rings. The summed E-state index contributed by atoms with van der Waals surface area (Å²) in [7, 11) is -1.18. The number of carbonyl (C=O) groups is 1. The van der Waals surface area contributed by atoms with Gasteiger partial charge in [0.05, 0.1) is 17.7 Å². The number of rotatable bonds is 6. The second-order valence-electron chi connectivity index (χ2n) is 5.83. The predicted octanol–water partition coefficient (Wildman–Crippen LogP) is 1.40. The molecule has 0 unspecified atom stereocenters. The first-order chi connectivity index (χ1) is 13.3. The van der Waals surface area contributed by atoms with Crippen LogP contribution in [-0.4, -0.2) is 53.2 Å². The summed E-state index contributed by atoms with van der Waals surface area (Å²) in [5.74, 6) is -0.323. The average molecular weight is 402 g/mol. The van der Waals surface area contributed by atoms with Gasteiger partial charge >= 0.3 is 0 Å². The average Bonchev–Trinajstić information content (AvgIpc) is 3.22. The van der Waals surface area contributed by atoms with Crippen LogP contribution < -0.4 is 5.32 Å². The van der Waals surface area contributed by atoms with Crippen LogP contribution in [0.5, 0.6) is 0 Å². The van der Waals surface area contributed by atoms with Gasteiger partial charge in [-0.05, 0) is 65.4 Å². The van der Waals surface area contributed by atoms with Gasteiger partial charge in [0.15, 0.2) is 0 Å². The number of amides is 1. The van der Waals surface area contributed by atoms with Gasteiger partial charge in [0.1, 0.15) is 6.33 Å². The molecule has 0 saturated carbocycles. The molecule has 11 heteroatoms. The first-order valence-electron chi connectivity index (χ1n) is 8.11. The molecule has 0 aliphatic heterocycles. The molecule has 1 amide bonds. The molecule has 0 saturated heterocycles. The lowest BCUT2D eigenvalue weighted by Gasteiger charge is -2.14. The third kappa shape index (κ3) is 3.91. The van der Waals surface area contributed by atoms with Gasteiger partial charge in [-0.15, -0.1) is 5.10 Å². The number of tetrazole rings is 1. The minimum absolute atomic E-state index is 0.0523. The van der Waals surface area contributed by atoms with Crippen LogP contribution in [0.2, 0.25) is 0 Å². The predicted molar refractivity (Wildman–Crippen MR) is 100 cm³/mol. The van der Waals surface area contributed by atoms with Crippen molar-refractivity contribution in [2.45, 2.75) is 11.8 Å². The number of nitrogens with one attached hydrogen (secondary N) is 1. The smallest absolute Gasteiger partial charge is 0.264 e. The number of benzene rings is 2. The molecule has 10 nitrogen and oxygen atoms in total. The molecule has 28 heavy (non-hydrogen) atoms. The monoisotopic (exact) mass is 402 g/mol. The van der Waals surface area contributed by atoms with Crippen LogP contribution in [-0.2, 0) is 14.9 Å². The van der Waals surface area contributed by atoms with Crippen LogP contribution in [0.1, 0.15) is 15.9 Å². The Labute approximate surface area is 161 Å². The van der Waals surface area contributed by atoms with Crippen molar-refractivity contribution in [1.82, 2.24) is 24.7 Å². The highest BCUT2D eigenvalue weighted by Crippen LogP contribution is 2.19. The van der Waals surface area contributed by atoms with Crippen molar-refractivity contribution in [1.29, 1.82) is 0 Å². The molecule has 0 aliphatic carbocycles. The van der Waals surface area contributed by atoms with E-state index in [0.717, 1.165) is 15.7 Å². The van der Waals surface area contributed by atoms with Gasteiger partial charge < -0.3 is 5.32 Å². The topological polar surface area (TPSA) is 119 Å². The summed E-state index contributed by atoms with van der Waals surface area (Å²) < 4.78 is 26.6. The lowest BCUT2D eigenvalue weighted by atomic mass is 10.1. The number of anilines is 1. The van der Waals surface area contributed by atoms with Crippen molar-refractivity contribution in [3.05, 3.63) is 59.9 Å². The molecule has 2 aromatic carbocycles. The molecule has 1 aromatic heterocycles. The molecule has 0 spiro atoms. The van der Waals surface area contributed by atoms with Gasteiger partial charge in [0, 0.05) is 18.3 Å². The number of hydroxylamine groups is 1. The standard InChI is InChI=1S/C17H18N6O4S/c1-12-10-13(4-9-16(12)23-11-18-20-21-23)17(24)19-14-5-7-15(8-6-14)28(25,26)22(2)27-3/h4-11H,1-3H3,(H,19,24).